The average Bonchev–Trinajstić information content (AvgIpc) is 2.65. The van der Waals surface area contributed by atoms with Gasteiger partial charge in [-0.3, -0.25) is 0 Å². The van der Waals surface area contributed by atoms with Crippen LogP contribution in [0.2, 0.25) is 15.1 Å². The molecule has 3 nitrogen and oxygen atoms in total. The van der Waals surface area contributed by atoms with Gasteiger partial charge in [0.1, 0.15) is 12.4 Å². The molecule has 0 aromatic heterocycles. The van der Waals surface area contributed by atoms with Crippen LogP contribution in [-0.4, -0.2) is 19.6 Å². The number of rotatable bonds is 7. The highest BCUT2D eigenvalue weighted by Gasteiger charge is 2.13. The molecule has 1 saturated heterocycles. The van der Waals surface area contributed by atoms with Crippen molar-refractivity contribution >= 4 is 34.8 Å². The normalized spacial score (nSPS) is 15.2. The van der Waals surface area contributed by atoms with Crippen LogP contribution < -0.4 is 15.4 Å². The smallest absolute Gasteiger partial charge is 0.124 e. The van der Waals surface area contributed by atoms with Crippen molar-refractivity contribution in [3.63, 3.8) is 0 Å². The van der Waals surface area contributed by atoms with Crippen molar-refractivity contribution in [3.05, 3.63) is 62.6 Å². The van der Waals surface area contributed by atoms with E-state index in [1.807, 2.05) is 30.3 Å². The molecule has 1 aliphatic heterocycles. The Labute approximate surface area is 170 Å². The molecule has 0 saturated carbocycles. The van der Waals surface area contributed by atoms with Crippen molar-refractivity contribution in [2.75, 3.05) is 19.6 Å². The predicted molar refractivity (Wildman–Crippen MR) is 110 cm³/mol. The SMILES string of the molecule is Clc1ccc(OCc2ccc(Cl)c(Cl)c2)c(CNCC2CCNCC2)c1. The molecule has 1 aliphatic rings. The summed E-state index contributed by atoms with van der Waals surface area (Å²) >= 11 is 18.2. The number of ether oxygens (including phenoxy) is 1. The van der Waals surface area contributed by atoms with Crippen LogP contribution >= 0.6 is 34.8 Å². The van der Waals surface area contributed by atoms with Crippen molar-refractivity contribution in [2.45, 2.75) is 26.0 Å². The largest absolute Gasteiger partial charge is 0.489 e. The lowest BCUT2D eigenvalue weighted by atomic mass is 9.98. The third-order valence-electron chi connectivity index (χ3n) is 4.61. The molecule has 0 atom stereocenters. The van der Waals surface area contributed by atoms with Gasteiger partial charge in [0, 0.05) is 17.1 Å². The molecule has 0 radical (unpaired) electrons. The molecule has 0 unspecified atom stereocenters. The van der Waals surface area contributed by atoms with Gasteiger partial charge in [-0.25, -0.2) is 0 Å². The highest BCUT2D eigenvalue weighted by atomic mass is 35.5. The lowest BCUT2D eigenvalue weighted by Gasteiger charge is -2.23. The summed E-state index contributed by atoms with van der Waals surface area (Å²) in [4.78, 5) is 0. The summed E-state index contributed by atoms with van der Waals surface area (Å²) in [5.74, 6) is 1.56. The van der Waals surface area contributed by atoms with Crippen LogP contribution in [0.4, 0.5) is 0 Å². The van der Waals surface area contributed by atoms with Crippen LogP contribution in [0.1, 0.15) is 24.0 Å². The average molecular weight is 414 g/mol. The van der Waals surface area contributed by atoms with Gasteiger partial charge in [-0.2, -0.15) is 0 Å². The third kappa shape index (κ3) is 5.77. The van der Waals surface area contributed by atoms with Gasteiger partial charge in [-0.15, -0.1) is 0 Å². The molecular weight excluding hydrogens is 391 g/mol. The minimum atomic E-state index is 0.430. The van der Waals surface area contributed by atoms with Crippen LogP contribution in [-0.2, 0) is 13.2 Å². The third-order valence-corrected chi connectivity index (χ3v) is 5.58. The molecule has 0 amide bonds. The monoisotopic (exact) mass is 412 g/mol. The molecule has 0 bridgehead atoms. The van der Waals surface area contributed by atoms with Gasteiger partial charge in [-0.05, 0) is 74.3 Å². The molecule has 140 valence electrons. The van der Waals surface area contributed by atoms with Gasteiger partial charge in [0.05, 0.1) is 10.0 Å². The van der Waals surface area contributed by atoms with E-state index in [4.69, 9.17) is 39.5 Å². The molecule has 0 aliphatic carbocycles. The summed E-state index contributed by atoms with van der Waals surface area (Å²) in [6.07, 6.45) is 2.45. The number of nitrogens with one attached hydrogen (secondary N) is 2. The molecule has 2 aromatic rings. The first-order chi connectivity index (χ1) is 12.6. The van der Waals surface area contributed by atoms with Gasteiger partial charge >= 0.3 is 0 Å². The Morgan fingerprint density at radius 2 is 1.81 bits per heavy atom. The zero-order chi connectivity index (χ0) is 18.4. The number of benzene rings is 2. The fraction of sp³-hybridized carbons (Fsp3) is 0.400. The second kappa shape index (κ2) is 9.82. The van der Waals surface area contributed by atoms with Crippen molar-refractivity contribution in [1.29, 1.82) is 0 Å². The van der Waals surface area contributed by atoms with E-state index < -0.39 is 0 Å². The second-order valence-corrected chi connectivity index (χ2v) is 7.86. The van der Waals surface area contributed by atoms with E-state index in [1.54, 1.807) is 6.07 Å². The zero-order valence-electron chi connectivity index (χ0n) is 14.5. The van der Waals surface area contributed by atoms with Crippen LogP contribution in [0, 0.1) is 5.92 Å². The fourth-order valence-corrected chi connectivity index (χ4v) is 3.63. The van der Waals surface area contributed by atoms with E-state index in [-0.39, 0.29) is 0 Å². The van der Waals surface area contributed by atoms with Crippen molar-refractivity contribution in [2.24, 2.45) is 5.92 Å². The predicted octanol–water partition coefficient (Wildman–Crippen LogP) is 5.32. The standard InChI is InChI=1S/C20H23Cl3N2O/c21-17-2-4-20(26-13-15-1-3-18(22)19(23)9-15)16(10-17)12-25-11-14-5-7-24-8-6-14/h1-4,9-10,14,24-25H,5-8,11-13H2. The van der Waals surface area contributed by atoms with E-state index in [1.165, 1.54) is 12.8 Å². The summed E-state index contributed by atoms with van der Waals surface area (Å²) in [7, 11) is 0. The van der Waals surface area contributed by atoms with Gasteiger partial charge in [0.2, 0.25) is 0 Å². The van der Waals surface area contributed by atoms with Crippen LogP contribution in [0.5, 0.6) is 5.75 Å². The minimum absolute atomic E-state index is 0.430. The molecular formula is C20H23Cl3N2O. The Hall–Kier alpha value is -0.970. The van der Waals surface area contributed by atoms with E-state index >= 15 is 0 Å². The van der Waals surface area contributed by atoms with E-state index in [0.717, 1.165) is 49.0 Å². The van der Waals surface area contributed by atoms with Crippen LogP contribution in [0.15, 0.2) is 36.4 Å². The van der Waals surface area contributed by atoms with Gasteiger partial charge in [-0.1, -0.05) is 40.9 Å². The highest BCUT2D eigenvalue weighted by molar-refractivity contribution is 6.42. The summed E-state index contributed by atoms with van der Waals surface area (Å²) in [6.45, 7) is 4.41. The maximum Gasteiger partial charge on any atom is 0.124 e. The molecule has 0 spiro atoms. The summed E-state index contributed by atoms with van der Waals surface area (Å²) in [6, 6.07) is 11.3. The molecule has 1 fully saturated rings. The fourth-order valence-electron chi connectivity index (χ4n) is 3.11. The van der Waals surface area contributed by atoms with Gasteiger partial charge < -0.3 is 15.4 Å². The summed E-state index contributed by atoms with van der Waals surface area (Å²) in [5, 5.41) is 8.74. The Morgan fingerprint density at radius 1 is 1.00 bits per heavy atom. The molecule has 6 heteroatoms. The van der Waals surface area contributed by atoms with Crippen LogP contribution in [0.3, 0.4) is 0 Å². The molecule has 26 heavy (non-hydrogen) atoms. The number of piperidine rings is 1. The zero-order valence-corrected chi connectivity index (χ0v) is 16.8. The highest BCUT2D eigenvalue weighted by Crippen LogP contribution is 2.26. The number of halogens is 3. The number of hydrogen-bond acceptors (Lipinski definition) is 3. The Kier molecular flexibility index (Phi) is 7.47. The maximum absolute atomic E-state index is 6.18. The van der Waals surface area contributed by atoms with Crippen LogP contribution in [0.25, 0.3) is 0 Å². The Balaban J connectivity index is 1.58. The Morgan fingerprint density at radius 3 is 2.58 bits per heavy atom. The van der Waals surface area contributed by atoms with Crippen molar-refractivity contribution < 1.29 is 4.74 Å². The number of hydrogen-bond donors (Lipinski definition) is 2. The quantitative estimate of drug-likeness (QED) is 0.645. The molecule has 2 N–H and O–H groups in total. The van der Waals surface area contributed by atoms with E-state index in [0.29, 0.717) is 21.7 Å². The van der Waals surface area contributed by atoms with E-state index in [2.05, 4.69) is 10.6 Å². The lowest BCUT2D eigenvalue weighted by molar-refractivity contribution is 0.301. The summed E-state index contributed by atoms with van der Waals surface area (Å²) in [5.41, 5.74) is 2.04. The first kappa shape index (κ1) is 19.8. The molecule has 1 heterocycles. The second-order valence-electron chi connectivity index (χ2n) is 6.61. The molecule has 3 rings (SSSR count). The Bertz CT molecular complexity index is 733. The lowest BCUT2D eigenvalue weighted by Crippen LogP contribution is -2.33. The first-order valence-corrected chi connectivity index (χ1v) is 10.0. The maximum atomic E-state index is 6.18. The molecule has 2 aromatic carbocycles. The van der Waals surface area contributed by atoms with Gasteiger partial charge in [0.15, 0.2) is 0 Å². The minimum Gasteiger partial charge on any atom is -0.489 e. The van der Waals surface area contributed by atoms with Crippen molar-refractivity contribution in [1.82, 2.24) is 10.6 Å². The topological polar surface area (TPSA) is 33.3 Å². The first-order valence-electron chi connectivity index (χ1n) is 8.88. The van der Waals surface area contributed by atoms with E-state index in [9.17, 15) is 0 Å². The van der Waals surface area contributed by atoms with Gasteiger partial charge in [0.25, 0.3) is 0 Å². The summed E-state index contributed by atoms with van der Waals surface area (Å²) < 4.78 is 6.01. The van der Waals surface area contributed by atoms with Crippen molar-refractivity contribution in [3.8, 4) is 5.75 Å².